The molecule has 2 N–H and O–H groups in total. The molecule has 2 amide bonds. The summed E-state index contributed by atoms with van der Waals surface area (Å²) in [5.74, 6) is 0.501. The maximum atomic E-state index is 12.2. The van der Waals surface area contributed by atoms with Gasteiger partial charge >= 0.3 is 0 Å². The molecule has 0 aliphatic heterocycles. The number of nitrogens with one attached hydrogen (secondary N) is 2. The zero-order valence-electron chi connectivity index (χ0n) is 17.3. The molecule has 0 fully saturated rings. The Hall–Kier alpha value is -4.13. The van der Waals surface area contributed by atoms with E-state index in [2.05, 4.69) is 15.8 Å². The number of methoxy groups -OCH3 is 1. The molecule has 0 aliphatic rings. The van der Waals surface area contributed by atoms with Crippen molar-refractivity contribution in [3.63, 3.8) is 0 Å². The van der Waals surface area contributed by atoms with Crippen LogP contribution in [0.2, 0.25) is 0 Å². The lowest BCUT2D eigenvalue weighted by atomic mass is 10.2. The monoisotopic (exact) mass is 417 g/mol. The smallest absolute Gasteiger partial charge is 0.271 e. The lowest BCUT2D eigenvalue weighted by Gasteiger charge is -2.08. The Morgan fingerprint density at radius 2 is 1.74 bits per heavy atom. The highest BCUT2D eigenvalue weighted by molar-refractivity contribution is 5.95. The molecular weight excluding hydrogens is 394 g/mol. The van der Waals surface area contributed by atoms with Crippen molar-refractivity contribution in [1.29, 1.82) is 0 Å². The summed E-state index contributed by atoms with van der Waals surface area (Å²) in [7, 11) is 1.54. The quantitative estimate of drug-likeness (QED) is 0.431. The molecule has 0 bridgehead atoms. The zero-order valence-corrected chi connectivity index (χ0v) is 17.3. The van der Waals surface area contributed by atoms with E-state index < -0.39 is 0 Å². The molecule has 0 unspecified atom stereocenters. The molecular formula is C24H23N3O4. The molecule has 0 saturated carbocycles. The van der Waals surface area contributed by atoms with Crippen LogP contribution in [0.25, 0.3) is 0 Å². The van der Waals surface area contributed by atoms with Gasteiger partial charge in [0.15, 0.2) is 6.61 Å². The van der Waals surface area contributed by atoms with Crippen LogP contribution in [-0.2, 0) is 4.79 Å². The minimum atomic E-state index is -0.352. The highest BCUT2D eigenvalue weighted by Crippen LogP contribution is 2.14. The number of ether oxygens (including phenoxy) is 2. The second kappa shape index (κ2) is 10.6. The molecule has 0 atom stereocenters. The Morgan fingerprint density at radius 3 is 2.55 bits per heavy atom. The number of carbonyl (C=O) groups excluding carboxylic acids is 2. The molecule has 0 heterocycles. The van der Waals surface area contributed by atoms with Crippen molar-refractivity contribution in [3.8, 4) is 11.5 Å². The van der Waals surface area contributed by atoms with Gasteiger partial charge in [0.05, 0.1) is 13.3 Å². The number of rotatable bonds is 8. The number of hydrogen-bond donors (Lipinski definition) is 2. The first-order valence-corrected chi connectivity index (χ1v) is 9.60. The lowest BCUT2D eigenvalue weighted by Crippen LogP contribution is -2.20. The van der Waals surface area contributed by atoms with Crippen LogP contribution in [0.5, 0.6) is 11.5 Å². The molecule has 3 rings (SSSR count). The normalized spacial score (nSPS) is 10.5. The fourth-order valence-electron chi connectivity index (χ4n) is 2.75. The third-order valence-electron chi connectivity index (χ3n) is 4.24. The molecule has 0 aliphatic carbocycles. The average Bonchev–Trinajstić information content (AvgIpc) is 2.78. The molecule has 7 heteroatoms. The predicted molar refractivity (Wildman–Crippen MR) is 120 cm³/mol. The van der Waals surface area contributed by atoms with E-state index in [1.165, 1.54) is 13.3 Å². The van der Waals surface area contributed by atoms with Crippen LogP contribution in [0.3, 0.4) is 0 Å². The van der Waals surface area contributed by atoms with Gasteiger partial charge in [0.1, 0.15) is 11.5 Å². The second-order valence-electron chi connectivity index (χ2n) is 6.71. The van der Waals surface area contributed by atoms with Gasteiger partial charge in [-0.25, -0.2) is 5.43 Å². The maximum Gasteiger partial charge on any atom is 0.271 e. The largest absolute Gasteiger partial charge is 0.497 e. The third kappa shape index (κ3) is 6.71. The Morgan fingerprint density at radius 1 is 0.968 bits per heavy atom. The minimum Gasteiger partial charge on any atom is -0.497 e. The van der Waals surface area contributed by atoms with Gasteiger partial charge in [0.2, 0.25) is 0 Å². The summed E-state index contributed by atoms with van der Waals surface area (Å²) in [6.45, 7) is 1.83. The van der Waals surface area contributed by atoms with Crippen molar-refractivity contribution in [2.24, 2.45) is 5.10 Å². The third-order valence-corrected chi connectivity index (χ3v) is 4.24. The average molecular weight is 417 g/mol. The van der Waals surface area contributed by atoms with E-state index in [1.54, 1.807) is 48.5 Å². The molecule has 0 spiro atoms. The van der Waals surface area contributed by atoms with E-state index in [0.717, 1.165) is 11.3 Å². The van der Waals surface area contributed by atoms with Gasteiger partial charge in [0.25, 0.3) is 11.8 Å². The van der Waals surface area contributed by atoms with Gasteiger partial charge in [-0.15, -0.1) is 0 Å². The van der Waals surface area contributed by atoms with Gasteiger partial charge in [-0.05, 0) is 60.5 Å². The van der Waals surface area contributed by atoms with Gasteiger partial charge in [-0.2, -0.15) is 5.10 Å². The van der Waals surface area contributed by atoms with Gasteiger partial charge in [-0.3, -0.25) is 9.59 Å². The Kier molecular flexibility index (Phi) is 7.37. The van der Waals surface area contributed by atoms with E-state index in [9.17, 15) is 9.59 Å². The number of benzene rings is 3. The Bertz CT molecular complexity index is 1100. The highest BCUT2D eigenvalue weighted by Gasteiger charge is 2.06. The van der Waals surface area contributed by atoms with Gasteiger partial charge < -0.3 is 14.8 Å². The van der Waals surface area contributed by atoms with E-state index >= 15 is 0 Å². The summed E-state index contributed by atoms with van der Waals surface area (Å²) in [6.07, 6.45) is 1.50. The van der Waals surface area contributed by atoms with Crippen molar-refractivity contribution in [2.45, 2.75) is 6.92 Å². The van der Waals surface area contributed by atoms with Crippen molar-refractivity contribution < 1.29 is 19.1 Å². The lowest BCUT2D eigenvalue weighted by molar-refractivity contribution is -0.118. The van der Waals surface area contributed by atoms with Crippen LogP contribution in [0, 0.1) is 6.92 Å². The first-order valence-electron chi connectivity index (χ1n) is 9.60. The van der Waals surface area contributed by atoms with Crippen molar-refractivity contribution in [2.75, 3.05) is 19.0 Å². The van der Waals surface area contributed by atoms with Crippen LogP contribution in [0.4, 0.5) is 5.69 Å². The fourth-order valence-corrected chi connectivity index (χ4v) is 2.75. The number of hydrogen-bond acceptors (Lipinski definition) is 5. The van der Waals surface area contributed by atoms with E-state index in [-0.39, 0.29) is 18.4 Å². The Labute approximate surface area is 180 Å². The summed E-state index contributed by atoms with van der Waals surface area (Å²) >= 11 is 0. The number of nitrogens with zero attached hydrogens (tertiary/aromatic N) is 1. The summed E-state index contributed by atoms with van der Waals surface area (Å²) in [4.78, 5) is 24.3. The van der Waals surface area contributed by atoms with Crippen LogP contribution in [-0.4, -0.2) is 31.7 Å². The zero-order chi connectivity index (χ0) is 22.1. The first-order chi connectivity index (χ1) is 15.0. The van der Waals surface area contributed by atoms with Crippen LogP contribution in [0.15, 0.2) is 77.9 Å². The molecule has 0 radical (unpaired) electrons. The van der Waals surface area contributed by atoms with E-state index in [4.69, 9.17) is 9.47 Å². The number of aryl methyl sites for hydroxylation is 1. The topological polar surface area (TPSA) is 89.0 Å². The molecule has 158 valence electrons. The van der Waals surface area contributed by atoms with Crippen molar-refractivity contribution in [3.05, 3.63) is 89.5 Å². The molecule has 0 aromatic heterocycles. The van der Waals surface area contributed by atoms with Gasteiger partial charge in [0, 0.05) is 11.3 Å². The summed E-state index contributed by atoms with van der Waals surface area (Å²) in [6, 6.07) is 21.4. The molecule has 31 heavy (non-hydrogen) atoms. The molecule has 3 aromatic rings. The summed E-state index contributed by atoms with van der Waals surface area (Å²) in [5.41, 5.74) is 5.40. The highest BCUT2D eigenvalue weighted by atomic mass is 16.5. The van der Waals surface area contributed by atoms with Crippen molar-refractivity contribution >= 4 is 23.7 Å². The predicted octanol–water partition coefficient (Wildman–Crippen LogP) is 3.79. The number of hydrazone groups is 1. The molecule has 3 aromatic carbocycles. The first kappa shape index (κ1) is 21.6. The van der Waals surface area contributed by atoms with Gasteiger partial charge in [-0.1, -0.05) is 30.3 Å². The van der Waals surface area contributed by atoms with Crippen molar-refractivity contribution in [1.82, 2.24) is 5.43 Å². The Balaban J connectivity index is 1.52. The van der Waals surface area contributed by atoms with E-state index in [0.29, 0.717) is 22.6 Å². The fraction of sp³-hybridized carbons (Fsp3) is 0.125. The number of amides is 2. The summed E-state index contributed by atoms with van der Waals surface area (Å²) in [5, 5.41) is 6.77. The van der Waals surface area contributed by atoms with Crippen LogP contribution >= 0.6 is 0 Å². The number of anilines is 1. The molecule has 0 saturated heterocycles. The van der Waals surface area contributed by atoms with E-state index in [1.807, 2.05) is 31.2 Å². The van der Waals surface area contributed by atoms with Crippen LogP contribution in [0.1, 0.15) is 21.5 Å². The standard InChI is InChI=1S/C24H23N3O4/c1-17-6-3-9-20(12-17)26-23(28)16-31-22-11-4-7-18(13-22)15-25-27-24(29)19-8-5-10-21(14-19)30-2/h3-15H,16H2,1-2H3,(H,26,28)(H,27,29)/b25-15+. The minimum absolute atomic E-state index is 0.124. The second-order valence-corrected chi connectivity index (χ2v) is 6.71. The van der Waals surface area contributed by atoms with Crippen LogP contribution < -0.4 is 20.2 Å². The maximum absolute atomic E-state index is 12.2. The summed E-state index contributed by atoms with van der Waals surface area (Å²) < 4.78 is 10.7. The SMILES string of the molecule is COc1cccc(C(=O)N/N=C/c2cccc(OCC(=O)Nc3cccc(C)c3)c2)c1. The number of carbonyl (C=O) groups is 2. The molecule has 7 nitrogen and oxygen atoms in total.